The first-order valence-corrected chi connectivity index (χ1v) is 8.27. The van der Waals surface area contributed by atoms with Crippen LogP contribution >= 0.6 is 0 Å². The standard InChI is InChI=1S/C18H19N7/c1-12-8-13(19-2)9-21-17(12)24(3)14-5-7-25(10-14)18-15-4-6-20-16(15)22-11-23-18/h4,6,8-9,11,14H,5,7,10H2,1,3H3,(H,20,22,23)/t14-/m1/s1. The lowest BCUT2D eigenvalue weighted by molar-refractivity contribution is 0.682. The molecular formula is C18H19N7. The first-order chi connectivity index (χ1) is 12.2. The van der Waals surface area contributed by atoms with Gasteiger partial charge in [-0.05, 0) is 31.0 Å². The van der Waals surface area contributed by atoms with Gasteiger partial charge in [-0.2, -0.15) is 0 Å². The average molecular weight is 333 g/mol. The van der Waals surface area contributed by atoms with Crippen molar-refractivity contribution in [2.24, 2.45) is 0 Å². The Hall–Kier alpha value is -3.14. The van der Waals surface area contributed by atoms with Crippen LogP contribution in [0, 0.1) is 13.5 Å². The molecule has 1 aliphatic heterocycles. The summed E-state index contributed by atoms with van der Waals surface area (Å²) in [7, 11) is 2.08. The highest BCUT2D eigenvalue weighted by Crippen LogP contribution is 2.29. The molecule has 7 heteroatoms. The second kappa shape index (κ2) is 6.06. The van der Waals surface area contributed by atoms with Crippen LogP contribution in [0.25, 0.3) is 15.9 Å². The fraction of sp³-hybridized carbons (Fsp3) is 0.333. The Bertz CT molecular complexity index is 955. The number of likely N-dealkylation sites (N-methyl/N-ethyl adjacent to an activating group) is 1. The summed E-state index contributed by atoms with van der Waals surface area (Å²) in [6.07, 6.45) is 6.19. The summed E-state index contributed by atoms with van der Waals surface area (Å²) in [5.41, 5.74) is 2.48. The van der Waals surface area contributed by atoms with Crippen LogP contribution in [-0.4, -0.2) is 46.1 Å². The third kappa shape index (κ3) is 2.66. The van der Waals surface area contributed by atoms with Gasteiger partial charge < -0.3 is 14.8 Å². The number of aryl methyl sites for hydroxylation is 1. The van der Waals surface area contributed by atoms with Gasteiger partial charge in [-0.15, -0.1) is 0 Å². The quantitative estimate of drug-likeness (QED) is 0.747. The monoisotopic (exact) mass is 333 g/mol. The Morgan fingerprint density at radius 2 is 2.24 bits per heavy atom. The molecule has 0 spiro atoms. The van der Waals surface area contributed by atoms with E-state index in [1.807, 2.05) is 25.3 Å². The Morgan fingerprint density at radius 1 is 1.36 bits per heavy atom. The minimum Gasteiger partial charge on any atom is -0.355 e. The molecule has 3 aromatic rings. The molecule has 7 nitrogen and oxygen atoms in total. The van der Waals surface area contributed by atoms with Crippen LogP contribution in [-0.2, 0) is 0 Å². The molecule has 4 heterocycles. The summed E-state index contributed by atoms with van der Waals surface area (Å²) in [5, 5.41) is 1.06. The van der Waals surface area contributed by atoms with E-state index in [2.05, 4.69) is 41.6 Å². The van der Waals surface area contributed by atoms with Crippen LogP contribution in [0.15, 0.2) is 30.9 Å². The molecule has 1 fully saturated rings. The molecule has 0 radical (unpaired) electrons. The first-order valence-electron chi connectivity index (χ1n) is 8.27. The van der Waals surface area contributed by atoms with Gasteiger partial charge in [0.1, 0.15) is 23.6 Å². The van der Waals surface area contributed by atoms with Crippen LogP contribution in [0.3, 0.4) is 0 Å². The number of anilines is 2. The lowest BCUT2D eigenvalue weighted by Crippen LogP contribution is -2.35. The van der Waals surface area contributed by atoms with Gasteiger partial charge in [-0.1, -0.05) is 0 Å². The molecular weight excluding hydrogens is 314 g/mol. The van der Waals surface area contributed by atoms with Gasteiger partial charge in [0.05, 0.1) is 12.0 Å². The SMILES string of the molecule is [C-]#[N+]c1cnc(N(C)[C@@H]2CCN(c3ncnc4[nH]ccc34)C2)c(C)c1. The molecule has 0 amide bonds. The van der Waals surface area contributed by atoms with Crippen molar-refractivity contribution in [2.75, 3.05) is 29.9 Å². The summed E-state index contributed by atoms with van der Waals surface area (Å²) in [4.78, 5) is 24.4. The van der Waals surface area contributed by atoms with E-state index in [9.17, 15) is 0 Å². The van der Waals surface area contributed by atoms with E-state index in [-0.39, 0.29) is 0 Å². The Labute approximate surface area is 146 Å². The summed E-state index contributed by atoms with van der Waals surface area (Å²) >= 11 is 0. The maximum atomic E-state index is 7.11. The molecule has 126 valence electrons. The minimum atomic E-state index is 0.356. The number of aromatic amines is 1. The third-order valence-electron chi connectivity index (χ3n) is 4.84. The van der Waals surface area contributed by atoms with Crippen molar-refractivity contribution in [1.29, 1.82) is 0 Å². The van der Waals surface area contributed by atoms with Crippen molar-refractivity contribution < 1.29 is 0 Å². The van der Waals surface area contributed by atoms with Crippen LogP contribution in [0.5, 0.6) is 0 Å². The van der Waals surface area contributed by atoms with Crippen molar-refractivity contribution in [3.05, 3.63) is 47.8 Å². The smallest absolute Gasteiger partial charge is 0.205 e. The number of fused-ring (bicyclic) bond motifs is 1. The van der Waals surface area contributed by atoms with Gasteiger partial charge in [0, 0.05) is 38.6 Å². The Kier molecular flexibility index (Phi) is 3.73. The van der Waals surface area contributed by atoms with E-state index >= 15 is 0 Å². The number of H-pyrrole nitrogens is 1. The fourth-order valence-electron chi connectivity index (χ4n) is 3.52. The van der Waals surface area contributed by atoms with Gasteiger partial charge >= 0.3 is 0 Å². The van der Waals surface area contributed by atoms with Crippen LogP contribution in [0.1, 0.15) is 12.0 Å². The highest BCUT2D eigenvalue weighted by atomic mass is 15.3. The van der Waals surface area contributed by atoms with E-state index < -0.39 is 0 Å². The van der Waals surface area contributed by atoms with Gasteiger partial charge in [0.15, 0.2) is 0 Å². The molecule has 0 saturated carbocycles. The molecule has 1 saturated heterocycles. The van der Waals surface area contributed by atoms with Gasteiger partial charge in [-0.25, -0.2) is 14.8 Å². The van der Waals surface area contributed by atoms with E-state index in [0.717, 1.165) is 47.7 Å². The second-order valence-electron chi connectivity index (χ2n) is 6.38. The Balaban J connectivity index is 1.56. The molecule has 0 aliphatic carbocycles. The summed E-state index contributed by atoms with van der Waals surface area (Å²) in [5.74, 6) is 1.92. The highest BCUT2D eigenvalue weighted by Gasteiger charge is 2.29. The number of nitrogens with zero attached hydrogens (tertiary/aromatic N) is 6. The molecule has 25 heavy (non-hydrogen) atoms. The summed E-state index contributed by atoms with van der Waals surface area (Å²) < 4.78 is 0. The van der Waals surface area contributed by atoms with Crippen LogP contribution in [0.4, 0.5) is 17.3 Å². The molecule has 1 N–H and O–H groups in total. The van der Waals surface area contributed by atoms with Crippen LogP contribution < -0.4 is 9.80 Å². The zero-order chi connectivity index (χ0) is 17.4. The largest absolute Gasteiger partial charge is 0.355 e. The van der Waals surface area contributed by atoms with E-state index in [4.69, 9.17) is 6.57 Å². The first kappa shape index (κ1) is 15.4. The van der Waals surface area contributed by atoms with E-state index in [0.29, 0.717) is 11.7 Å². The summed E-state index contributed by atoms with van der Waals surface area (Å²) in [6, 6.07) is 4.27. The van der Waals surface area contributed by atoms with Gasteiger partial charge in [0.2, 0.25) is 5.69 Å². The van der Waals surface area contributed by atoms with Crippen molar-refractivity contribution in [2.45, 2.75) is 19.4 Å². The van der Waals surface area contributed by atoms with Crippen molar-refractivity contribution >= 4 is 28.4 Å². The predicted octanol–water partition coefficient (Wildman–Crippen LogP) is 2.93. The minimum absolute atomic E-state index is 0.356. The molecule has 0 bridgehead atoms. The maximum Gasteiger partial charge on any atom is 0.205 e. The van der Waals surface area contributed by atoms with E-state index in [1.54, 1.807) is 12.5 Å². The van der Waals surface area contributed by atoms with Crippen LogP contribution in [0.2, 0.25) is 0 Å². The molecule has 4 rings (SSSR count). The highest BCUT2D eigenvalue weighted by molar-refractivity contribution is 5.87. The predicted molar refractivity (Wildman–Crippen MR) is 98.1 cm³/mol. The normalized spacial score (nSPS) is 17.0. The number of hydrogen-bond acceptors (Lipinski definition) is 5. The molecule has 1 atom stereocenters. The molecule has 0 aromatic carbocycles. The third-order valence-corrected chi connectivity index (χ3v) is 4.84. The maximum absolute atomic E-state index is 7.11. The fourth-order valence-corrected chi connectivity index (χ4v) is 3.52. The van der Waals surface area contributed by atoms with E-state index in [1.165, 1.54) is 0 Å². The molecule has 1 aliphatic rings. The molecule has 3 aromatic heterocycles. The topological polar surface area (TPSA) is 65.3 Å². The van der Waals surface area contributed by atoms with Crippen molar-refractivity contribution in [3.63, 3.8) is 0 Å². The zero-order valence-electron chi connectivity index (χ0n) is 14.3. The second-order valence-corrected chi connectivity index (χ2v) is 6.38. The number of rotatable bonds is 3. The Morgan fingerprint density at radius 3 is 3.04 bits per heavy atom. The zero-order valence-corrected chi connectivity index (χ0v) is 14.3. The van der Waals surface area contributed by atoms with Crippen molar-refractivity contribution in [1.82, 2.24) is 19.9 Å². The number of aromatic nitrogens is 4. The summed E-state index contributed by atoms with van der Waals surface area (Å²) in [6.45, 7) is 11.0. The number of nitrogens with one attached hydrogen (secondary N) is 1. The molecule has 0 unspecified atom stereocenters. The number of pyridine rings is 1. The van der Waals surface area contributed by atoms with Gasteiger partial charge in [-0.3, -0.25) is 4.98 Å². The number of hydrogen-bond donors (Lipinski definition) is 1. The van der Waals surface area contributed by atoms with Crippen molar-refractivity contribution in [3.8, 4) is 0 Å². The van der Waals surface area contributed by atoms with Gasteiger partial charge in [0.25, 0.3) is 0 Å². The average Bonchev–Trinajstić information content (AvgIpc) is 3.30. The lowest BCUT2D eigenvalue weighted by Gasteiger charge is -2.27. The lowest BCUT2D eigenvalue weighted by atomic mass is 10.2.